The molecule has 1 aromatic rings. The summed E-state index contributed by atoms with van der Waals surface area (Å²) in [4.78, 5) is 1.41. The summed E-state index contributed by atoms with van der Waals surface area (Å²) in [6.07, 6.45) is 2.52. The molecule has 3 atom stereocenters. The third kappa shape index (κ3) is 2.96. The van der Waals surface area contributed by atoms with Crippen molar-refractivity contribution in [2.75, 3.05) is 6.54 Å². The van der Waals surface area contributed by atoms with Crippen LogP contribution >= 0.6 is 22.9 Å². The molecule has 0 saturated heterocycles. The van der Waals surface area contributed by atoms with Gasteiger partial charge in [-0.2, -0.15) is 0 Å². The Morgan fingerprint density at radius 3 is 2.80 bits per heavy atom. The molecule has 0 spiro atoms. The topological polar surface area (TPSA) is 12.0 Å². The van der Waals surface area contributed by atoms with E-state index < -0.39 is 0 Å². The van der Waals surface area contributed by atoms with Gasteiger partial charge in [-0.05, 0) is 43.4 Å². The molecule has 1 saturated carbocycles. The average molecular weight is 244 g/mol. The van der Waals surface area contributed by atoms with Crippen molar-refractivity contribution in [1.82, 2.24) is 5.32 Å². The summed E-state index contributed by atoms with van der Waals surface area (Å²) in [5.41, 5.74) is 0. The Morgan fingerprint density at radius 2 is 2.33 bits per heavy atom. The van der Waals surface area contributed by atoms with E-state index in [1.807, 2.05) is 6.07 Å². The summed E-state index contributed by atoms with van der Waals surface area (Å²) in [5, 5.41) is 3.60. The molecule has 1 aliphatic carbocycles. The van der Waals surface area contributed by atoms with Gasteiger partial charge in [0.1, 0.15) is 0 Å². The highest BCUT2D eigenvalue weighted by atomic mass is 35.5. The van der Waals surface area contributed by atoms with Gasteiger partial charge in [-0.3, -0.25) is 0 Å². The molecule has 1 heterocycles. The second kappa shape index (κ2) is 4.86. The molecule has 0 radical (unpaired) electrons. The van der Waals surface area contributed by atoms with Gasteiger partial charge in [0.25, 0.3) is 0 Å². The minimum absolute atomic E-state index is 0.653. The molecule has 0 amide bonds. The van der Waals surface area contributed by atoms with Crippen LogP contribution in [0.2, 0.25) is 4.34 Å². The fourth-order valence-electron chi connectivity index (χ4n) is 2.23. The summed E-state index contributed by atoms with van der Waals surface area (Å²) in [5.74, 6) is 1.79. The van der Waals surface area contributed by atoms with E-state index in [1.165, 1.54) is 11.3 Å². The van der Waals surface area contributed by atoms with Crippen LogP contribution < -0.4 is 5.32 Å². The van der Waals surface area contributed by atoms with Crippen LogP contribution in [0.25, 0.3) is 0 Å². The fourth-order valence-corrected chi connectivity index (χ4v) is 3.37. The predicted octanol–water partition coefficient (Wildman–Crippen LogP) is 3.58. The summed E-state index contributed by atoms with van der Waals surface area (Å²) < 4.78 is 0.907. The lowest BCUT2D eigenvalue weighted by Crippen LogP contribution is -2.33. The predicted molar refractivity (Wildman–Crippen MR) is 67.8 cm³/mol. The van der Waals surface area contributed by atoms with Crippen LogP contribution in [0.3, 0.4) is 0 Å². The normalized spacial score (nSPS) is 26.6. The number of halogens is 1. The number of likely N-dealkylation sites (N-methyl/N-ethyl adjacent to an activating group) is 1. The number of thiophene rings is 1. The molecule has 1 nitrogen and oxygen atoms in total. The summed E-state index contributed by atoms with van der Waals surface area (Å²) in [7, 11) is 0. The molecule has 1 N–H and O–H groups in total. The van der Waals surface area contributed by atoms with Crippen LogP contribution in [0.1, 0.15) is 25.1 Å². The maximum atomic E-state index is 5.94. The molecule has 1 fully saturated rings. The van der Waals surface area contributed by atoms with Crippen molar-refractivity contribution >= 4 is 22.9 Å². The molecule has 3 heteroatoms. The van der Waals surface area contributed by atoms with Crippen molar-refractivity contribution in [3.05, 3.63) is 21.3 Å². The fraction of sp³-hybridized carbons (Fsp3) is 0.667. The number of nitrogens with one attached hydrogen (secondary N) is 1. The number of hydrogen-bond donors (Lipinski definition) is 1. The largest absolute Gasteiger partial charge is 0.314 e. The maximum absolute atomic E-state index is 5.94. The zero-order chi connectivity index (χ0) is 10.8. The molecule has 1 aliphatic rings. The van der Waals surface area contributed by atoms with Gasteiger partial charge in [0.15, 0.2) is 0 Å². The molecule has 0 bridgehead atoms. The second-order valence-corrected chi connectivity index (χ2v) is 6.25. The highest BCUT2D eigenvalue weighted by Crippen LogP contribution is 2.42. The Balaban J connectivity index is 1.94. The standard InChI is InChI=1S/C12H18ClNS/c1-3-14-11(10-6-8(10)2)7-9-4-5-12(13)15-9/h4-5,8,10-11,14H,3,6-7H2,1-2H3. The molecule has 1 aromatic heterocycles. The Labute approximate surface area is 101 Å². The molecule has 3 unspecified atom stereocenters. The van der Waals surface area contributed by atoms with Gasteiger partial charge in [0.05, 0.1) is 4.34 Å². The highest BCUT2D eigenvalue weighted by molar-refractivity contribution is 7.16. The van der Waals surface area contributed by atoms with Gasteiger partial charge < -0.3 is 5.32 Å². The van der Waals surface area contributed by atoms with E-state index in [4.69, 9.17) is 11.6 Å². The minimum Gasteiger partial charge on any atom is -0.314 e. The van der Waals surface area contributed by atoms with Crippen molar-refractivity contribution in [3.63, 3.8) is 0 Å². The van der Waals surface area contributed by atoms with Gasteiger partial charge in [0.2, 0.25) is 0 Å². The highest BCUT2D eigenvalue weighted by Gasteiger charge is 2.38. The van der Waals surface area contributed by atoms with Crippen molar-refractivity contribution < 1.29 is 0 Å². The van der Waals surface area contributed by atoms with Crippen molar-refractivity contribution in [2.24, 2.45) is 11.8 Å². The molecule has 84 valence electrons. The minimum atomic E-state index is 0.653. The number of hydrogen-bond acceptors (Lipinski definition) is 2. The Kier molecular flexibility index (Phi) is 3.70. The first-order chi connectivity index (χ1) is 7.20. The first kappa shape index (κ1) is 11.4. The molecule has 15 heavy (non-hydrogen) atoms. The molecular weight excluding hydrogens is 226 g/mol. The van der Waals surface area contributed by atoms with Crippen LogP contribution in [0.15, 0.2) is 12.1 Å². The summed E-state index contributed by atoms with van der Waals surface area (Å²) in [6.45, 7) is 5.59. The lowest BCUT2D eigenvalue weighted by atomic mass is 10.1. The lowest BCUT2D eigenvalue weighted by Gasteiger charge is -2.16. The monoisotopic (exact) mass is 243 g/mol. The van der Waals surface area contributed by atoms with E-state index in [0.29, 0.717) is 6.04 Å². The summed E-state index contributed by atoms with van der Waals surface area (Å²) in [6, 6.07) is 4.81. The van der Waals surface area contributed by atoms with E-state index in [9.17, 15) is 0 Å². The van der Waals surface area contributed by atoms with E-state index in [0.717, 1.165) is 29.1 Å². The summed E-state index contributed by atoms with van der Waals surface area (Å²) >= 11 is 7.66. The van der Waals surface area contributed by atoms with Gasteiger partial charge in [-0.25, -0.2) is 0 Å². The molecule has 0 aliphatic heterocycles. The van der Waals surface area contributed by atoms with E-state index in [1.54, 1.807) is 11.3 Å². The SMILES string of the molecule is CCNC(Cc1ccc(Cl)s1)C1CC1C. The third-order valence-electron chi connectivity index (χ3n) is 3.20. The molecule has 0 aromatic carbocycles. The van der Waals surface area contributed by atoms with Gasteiger partial charge in [0, 0.05) is 10.9 Å². The number of rotatable bonds is 5. The van der Waals surface area contributed by atoms with Gasteiger partial charge in [-0.15, -0.1) is 11.3 Å². The van der Waals surface area contributed by atoms with Gasteiger partial charge in [-0.1, -0.05) is 25.4 Å². The zero-order valence-corrected chi connectivity index (χ0v) is 10.9. The van der Waals surface area contributed by atoms with Crippen molar-refractivity contribution in [2.45, 2.75) is 32.7 Å². The van der Waals surface area contributed by atoms with Crippen molar-refractivity contribution in [3.8, 4) is 0 Å². The first-order valence-electron chi connectivity index (χ1n) is 5.68. The van der Waals surface area contributed by atoms with Crippen LogP contribution in [0.4, 0.5) is 0 Å². The van der Waals surface area contributed by atoms with Crippen molar-refractivity contribution in [1.29, 1.82) is 0 Å². The Morgan fingerprint density at radius 1 is 1.60 bits per heavy atom. The zero-order valence-electron chi connectivity index (χ0n) is 9.29. The van der Waals surface area contributed by atoms with E-state index >= 15 is 0 Å². The second-order valence-electron chi connectivity index (χ2n) is 4.45. The average Bonchev–Trinajstić information content (AvgIpc) is 2.77. The van der Waals surface area contributed by atoms with Crippen LogP contribution in [-0.4, -0.2) is 12.6 Å². The van der Waals surface area contributed by atoms with Gasteiger partial charge >= 0.3 is 0 Å². The first-order valence-corrected chi connectivity index (χ1v) is 6.87. The molecular formula is C12H18ClNS. The van der Waals surface area contributed by atoms with Crippen LogP contribution in [0.5, 0.6) is 0 Å². The Hall–Kier alpha value is -0.0500. The van der Waals surface area contributed by atoms with E-state index in [2.05, 4.69) is 25.2 Å². The van der Waals surface area contributed by atoms with Crippen LogP contribution in [0, 0.1) is 11.8 Å². The quantitative estimate of drug-likeness (QED) is 0.834. The smallest absolute Gasteiger partial charge is 0.0931 e. The Bertz CT molecular complexity index is 323. The van der Waals surface area contributed by atoms with E-state index in [-0.39, 0.29) is 0 Å². The maximum Gasteiger partial charge on any atom is 0.0931 e. The van der Waals surface area contributed by atoms with Crippen LogP contribution in [-0.2, 0) is 6.42 Å². The molecule has 2 rings (SSSR count). The third-order valence-corrected chi connectivity index (χ3v) is 4.46. The lowest BCUT2D eigenvalue weighted by molar-refractivity contribution is 0.457.